The Morgan fingerprint density at radius 3 is 2.80 bits per heavy atom. The summed E-state index contributed by atoms with van der Waals surface area (Å²) in [7, 11) is 0. The van der Waals surface area contributed by atoms with Crippen LogP contribution >= 0.6 is 11.6 Å². The Balaban J connectivity index is 2.24. The van der Waals surface area contributed by atoms with Gasteiger partial charge in [0.2, 0.25) is 0 Å². The molecule has 0 amide bonds. The molecular weight excluding hydrogens is 283 g/mol. The second-order valence-corrected chi connectivity index (χ2v) is 4.71. The Kier molecular flexibility index (Phi) is 4.25. The maximum absolute atomic E-state index is 13.7. The molecule has 20 heavy (non-hydrogen) atoms. The zero-order valence-electron chi connectivity index (χ0n) is 10.7. The number of benzene rings is 2. The molecule has 5 heteroatoms. The van der Waals surface area contributed by atoms with Gasteiger partial charge in [0.1, 0.15) is 23.7 Å². The van der Waals surface area contributed by atoms with Gasteiger partial charge in [-0.3, -0.25) is 0 Å². The van der Waals surface area contributed by atoms with E-state index in [1.807, 2.05) is 6.92 Å². The molecule has 0 atom stereocenters. The van der Waals surface area contributed by atoms with Crippen LogP contribution in [-0.2, 0) is 6.61 Å². The molecule has 1 N–H and O–H groups in total. The molecular formula is C15H12ClFO3. The maximum Gasteiger partial charge on any atom is 0.339 e. The van der Waals surface area contributed by atoms with Crippen LogP contribution in [0.1, 0.15) is 21.5 Å². The number of halogens is 2. The molecule has 0 aliphatic rings. The summed E-state index contributed by atoms with van der Waals surface area (Å²) >= 11 is 5.68. The first kappa shape index (κ1) is 14.3. The number of aryl methyl sites for hydroxylation is 1. The van der Waals surface area contributed by atoms with Gasteiger partial charge in [-0.25, -0.2) is 9.18 Å². The highest BCUT2D eigenvalue weighted by atomic mass is 35.5. The predicted molar refractivity (Wildman–Crippen MR) is 73.9 cm³/mol. The van der Waals surface area contributed by atoms with Gasteiger partial charge in [-0.1, -0.05) is 29.8 Å². The van der Waals surface area contributed by atoms with Crippen molar-refractivity contribution >= 4 is 17.6 Å². The second-order valence-electron chi connectivity index (χ2n) is 4.31. The topological polar surface area (TPSA) is 46.5 Å². The summed E-state index contributed by atoms with van der Waals surface area (Å²) in [6, 6.07) is 9.33. The number of carboxylic acid groups (broad SMARTS) is 1. The van der Waals surface area contributed by atoms with Gasteiger partial charge in [0.25, 0.3) is 0 Å². The Morgan fingerprint density at radius 1 is 1.35 bits per heavy atom. The Morgan fingerprint density at radius 2 is 2.10 bits per heavy atom. The molecule has 0 fully saturated rings. The van der Waals surface area contributed by atoms with Crippen molar-refractivity contribution in [3.8, 4) is 5.75 Å². The van der Waals surface area contributed by atoms with Gasteiger partial charge in [0, 0.05) is 5.56 Å². The highest BCUT2D eigenvalue weighted by Crippen LogP contribution is 2.23. The highest BCUT2D eigenvalue weighted by Gasteiger charge is 2.13. The molecule has 0 radical (unpaired) electrons. The molecule has 3 nitrogen and oxygen atoms in total. The molecule has 2 rings (SSSR count). The summed E-state index contributed by atoms with van der Waals surface area (Å²) in [6.07, 6.45) is 0. The van der Waals surface area contributed by atoms with Gasteiger partial charge in [-0.15, -0.1) is 0 Å². The number of hydrogen-bond donors (Lipinski definition) is 1. The van der Waals surface area contributed by atoms with E-state index in [0.717, 1.165) is 5.56 Å². The van der Waals surface area contributed by atoms with Crippen LogP contribution in [0.15, 0.2) is 36.4 Å². The molecule has 2 aromatic carbocycles. The van der Waals surface area contributed by atoms with Crippen molar-refractivity contribution in [2.45, 2.75) is 13.5 Å². The molecule has 0 saturated heterocycles. The lowest BCUT2D eigenvalue weighted by atomic mass is 10.1. The average Bonchev–Trinajstić information content (AvgIpc) is 2.40. The smallest absolute Gasteiger partial charge is 0.339 e. The lowest BCUT2D eigenvalue weighted by Crippen LogP contribution is -2.05. The van der Waals surface area contributed by atoms with E-state index in [1.54, 1.807) is 18.2 Å². The first-order chi connectivity index (χ1) is 9.49. The minimum Gasteiger partial charge on any atom is -0.488 e. The van der Waals surface area contributed by atoms with E-state index >= 15 is 0 Å². The van der Waals surface area contributed by atoms with Gasteiger partial charge in [-0.05, 0) is 30.7 Å². The third kappa shape index (κ3) is 3.08. The lowest BCUT2D eigenvalue weighted by Gasteiger charge is -2.11. The quantitative estimate of drug-likeness (QED) is 0.925. The summed E-state index contributed by atoms with van der Waals surface area (Å²) in [5, 5.41) is 9.09. The molecule has 0 spiro atoms. The first-order valence-corrected chi connectivity index (χ1v) is 6.26. The molecule has 0 unspecified atom stereocenters. The zero-order valence-corrected chi connectivity index (χ0v) is 11.4. The first-order valence-electron chi connectivity index (χ1n) is 5.88. The standard InChI is InChI=1S/C15H12ClFO3/c1-9-5-6-11(15(18)19)13(7-9)20-8-10-3-2-4-12(16)14(10)17/h2-7H,8H2,1H3,(H,18,19). The Hall–Kier alpha value is -2.07. The van der Waals surface area contributed by atoms with Crippen LogP contribution < -0.4 is 4.74 Å². The van der Waals surface area contributed by atoms with Crippen LogP contribution in [0.5, 0.6) is 5.75 Å². The van der Waals surface area contributed by atoms with Crippen molar-refractivity contribution in [2.24, 2.45) is 0 Å². The van der Waals surface area contributed by atoms with E-state index < -0.39 is 11.8 Å². The van der Waals surface area contributed by atoms with Crippen LogP contribution in [0.3, 0.4) is 0 Å². The van der Waals surface area contributed by atoms with Crippen molar-refractivity contribution < 1.29 is 19.0 Å². The molecule has 0 heterocycles. The van der Waals surface area contributed by atoms with Crippen molar-refractivity contribution in [3.63, 3.8) is 0 Å². The number of aromatic carboxylic acids is 1. The molecule has 0 aliphatic carbocycles. The number of rotatable bonds is 4. The van der Waals surface area contributed by atoms with Crippen LogP contribution in [0, 0.1) is 12.7 Å². The van der Waals surface area contributed by atoms with E-state index in [2.05, 4.69) is 0 Å². The SMILES string of the molecule is Cc1ccc(C(=O)O)c(OCc2cccc(Cl)c2F)c1. The van der Waals surface area contributed by atoms with E-state index in [0.29, 0.717) is 0 Å². The minimum atomic E-state index is -1.09. The van der Waals surface area contributed by atoms with Crippen molar-refractivity contribution in [1.82, 2.24) is 0 Å². The van der Waals surface area contributed by atoms with E-state index in [1.165, 1.54) is 18.2 Å². The van der Waals surface area contributed by atoms with E-state index in [-0.39, 0.29) is 28.5 Å². The largest absolute Gasteiger partial charge is 0.488 e. The molecule has 0 aromatic heterocycles. The van der Waals surface area contributed by atoms with E-state index in [4.69, 9.17) is 21.4 Å². The third-order valence-electron chi connectivity index (χ3n) is 2.78. The number of ether oxygens (including phenoxy) is 1. The number of hydrogen-bond acceptors (Lipinski definition) is 2. The van der Waals surface area contributed by atoms with Crippen molar-refractivity contribution in [1.29, 1.82) is 0 Å². The van der Waals surface area contributed by atoms with E-state index in [9.17, 15) is 9.18 Å². The fourth-order valence-electron chi connectivity index (χ4n) is 1.74. The molecule has 0 saturated carbocycles. The number of carboxylic acids is 1. The Bertz CT molecular complexity index is 656. The third-order valence-corrected chi connectivity index (χ3v) is 3.07. The van der Waals surface area contributed by atoms with Gasteiger partial charge < -0.3 is 9.84 Å². The van der Waals surface area contributed by atoms with Gasteiger partial charge in [-0.2, -0.15) is 0 Å². The summed E-state index contributed by atoms with van der Waals surface area (Å²) in [4.78, 5) is 11.1. The number of carbonyl (C=O) groups is 1. The highest BCUT2D eigenvalue weighted by molar-refractivity contribution is 6.30. The summed E-state index contributed by atoms with van der Waals surface area (Å²) in [5.74, 6) is -1.44. The van der Waals surface area contributed by atoms with Crippen LogP contribution in [-0.4, -0.2) is 11.1 Å². The lowest BCUT2D eigenvalue weighted by molar-refractivity contribution is 0.0691. The molecule has 0 aliphatic heterocycles. The predicted octanol–water partition coefficient (Wildman–Crippen LogP) is 4.06. The zero-order chi connectivity index (χ0) is 14.7. The molecule has 0 bridgehead atoms. The van der Waals surface area contributed by atoms with Gasteiger partial charge >= 0.3 is 5.97 Å². The van der Waals surface area contributed by atoms with Crippen LogP contribution in [0.25, 0.3) is 0 Å². The fraction of sp³-hybridized carbons (Fsp3) is 0.133. The molecule has 104 valence electrons. The normalized spacial score (nSPS) is 10.3. The summed E-state index contributed by atoms with van der Waals surface area (Å²) < 4.78 is 19.1. The van der Waals surface area contributed by atoms with Crippen LogP contribution in [0.2, 0.25) is 5.02 Å². The van der Waals surface area contributed by atoms with Crippen molar-refractivity contribution in [2.75, 3.05) is 0 Å². The summed E-state index contributed by atoms with van der Waals surface area (Å²) in [5.41, 5.74) is 1.17. The average molecular weight is 295 g/mol. The Labute approximate surface area is 120 Å². The molecule has 2 aromatic rings. The maximum atomic E-state index is 13.7. The van der Waals surface area contributed by atoms with Crippen LogP contribution in [0.4, 0.5) is 4.39 Å². The second kappa shape index (κ2) is 5.92. The van der Waals surface area contributed by atoms with Gasteiger partial charge in [0.15, 0.2) is 0 Å². The van der Waals surface area contributed by atoms with Gasteiger partial charge in [0.05, 0.1) is 5.02 Å². The minimum absolute atomic E-state index is 0.00815. The summed E-state index contributed by atoms with van der Waals surface area (Å²) in [6.45, 7) is 1.73. The monoisotopic (exact) mass is 294 g/mol. The fourth-order valence-corrected chi connectivity index (χ4v) is 1.94. The van der Waals surface area contributed by atoms with Crippen molar-refractivity contribution in [3.05, 3.63) is 63.9 Å².